The molecule has 2 fully saturated rings. The molecule has 4 atom stereocenters. The Morgan fingerprint density at radius 3 is 2.25 bits per heavy atom. The molecular formula is C11H21NO3S. The number of hydrogen-bond donors (Lipinski definition) is 2. The second-order valence-electron chi connectivity index (χ2n) is 6.14. The molecule has 0 saturated heterocycles. The number of aliphatic hydroxyl groups is 1. The summed E-state index contributed by atoms with van der Waals surface area (Å²) >= 11 is 0. The Balaban J connectivity index is 2.33. The lowest BCUT2D eigenvalue weighted by Gasteiger charge is -2.37. The molecule has 4 nitrogen and oxygen atoms in total. The summed E-state index contributed by atoms with van der Waals surface area (Å²) < 4.78 is 25.2. The molecule has 2 saturated carbocycles. The van der Waals surface area contributed by atoms with Crippen molar-refractivity contribution < 1.29 is 13.5 Å². The van der Waals surface area contributed by atoms with E-state index in [4.69, 9.17) is 0 Å². The van der Waals surface area contributed by atoms with E-state index in [2.05, 4.69) is 25.5 Å². The molecule has 2 rings (SSSR count). The lowest BCUT2D eigenvalue weighted by molar-refractivity contribution is 0.00351. The van der Waals surface area contributed by atoms with Crippen molar-refractivity contribution in [3.63, 3.8) is 0 Å². The van der Waals surface area contributed by atoms with Crippen LogP contribution >= 0.6 is 0 Å². The van der Waals surface area contributed by atoms with Crippen LogP contribution in [-0.4, -0.2) is 31.9 Å². The van der Waals surface area contributed by atoms with Gasteiger partial charge in [-0.2, -0.15) is 0 Å². The molecule has 5 heteroatoms. The van der Waals surface area contributed by atoms with Crippen LogP contribution in [0.25, 0.3) is 0 Å². The summed E-state index contributed by atoms with van der Waals surface area (Å²) in [5.41, 5.74) is -0.172. The fourth-order valence-electron chi connectivity index (χ4n) is 3.73. The molecule has 0 aromatic heterocycles. The number of sulfonamides is 1. The van der Waals surface area contributed by atoms with Crippen molar-refractivity contribution in [2.24, 2.45) is 16.7 Å². The lowest BCUT2D eigenvalue weighted by Crippen LogP contribution is -2.48. The van der Waals surface area contributed by atoms with E-state index in [-0.39, 0.29) is 22.8 Å². The summed E-state index contributed by atoms with van der Waals surface area (Å²) in [4.78, 5) is 0. The summed E-state index contributed by atoms with van der Waals surface area (Å²) in [7, 11) is -3.25. The Morgan fingerprint density at radius 2 is 1.88 bits per heavy atom. The minimum Gasteiger partial charge on any atom is -0.391 e. The minimum atomic E-state index is -3.25. The predicted molar refractivity (Wildman–Crippen MR) is 62.4 cm³/mol. The molecule has 2 aliphatic rings. The predicted octanol–water partition coefficient (Wildman–Crippen LogP) is 0.721. The second kappa shape index (κ2) is 3.21. The first-order chi connectivity index (χ1) is 7.09. The van der Waals surface area contributed by atoms with Gasteiger partial charge < -0.3 is 5.11 Å². The number of aliphatic hydroxyl groups excluding tert-OH is 1. The number of hydrogen-bond acceptors (Lipinski definition) is 3. The average Bonchev–Trinajstić information content (AvgIpc) is 2.38. The fraction of sp³-hybridized carbons (Fsp3) is 1.00. The highest BCUT2D eigenvalue weighted by molar-refractivity contribution is 7.88. The fourth-order valence-corrected chi connectivity index (χ4v) is 4.52. The zero-order valence-electron chi connectivity index (χ0n) is 10.3. The van der Waals surface area contributed by atoms with Crippen LogP contribution in [0.4, 0.5) is 0 Å². The second-order valence-corrected chi connectivity index (χ2v) is 7.92. The molecule has 2 bridgehead atoms. The monoisotopic (exact) mass is 247 g/mol. The van der Waals surface area contributed by atoms with Crippen molar-refractivity contribution >= 4 is 10.0 Å². The van der Waals surface area contributed by atoms with Crippen molar-refractivity contribution in [3.05, 3.63) is 0 Å². The van der Waals surface area contributed by atoms with Crippen LogP contribution in [0.2, 0.25) is 0 Å². The molecule has 0 heterocycles. The van der Waals surface area contributed by atoms with Crippen LogP contribution in [0.1, 0.15) is 33.6 Å². The molecule has 16 heavy (non-hydrogen) atoms. The lowest BCUT2D eigenvalue weighted by atomic mass is 9.70. The Labute approximate surface area is 97.5 Å². The van der Waals surface area contributed by atoms with E-state index in [9.17, 15) is 13.5 Å². The normalized spacial score (nSPS) is 46.2. The highest BCUT2D eigenvalue weighted by atomic mass is 32.2. The largest absolute Gasteiger partial charge is 0.391 e. The van der Waals surface area contributed by atoms with Gasteiger partial charge in [-0.05, 0) is 24.2 Å². The van der Waals surface area contributed by atoms with Crippen LogP contribution in [0.3, 0.4) is 0 Å². The highest BCUT2D eigenvalue weighted by Crippen LogP contribution is 2.65. The topological polar surface area (TPSA) is 66.4 Å². The standard InChI is InChI=1S/C11H21NO3S/c1-10(2)7-5-6-11(10,3)9(13)8(7)12-16(4,14)15/h7-9,12-13H,5-6H2,1-4H3/t7-,8-,9-,11+/m1/s1. The SMILES string of the molecule is CC1(C)[C@@H]2CC[C@@]1(C)[C@H](O)[C@@H]2NS(C)(=O)=O. The van der Waals surface area contributed by atoms with Crippen molar-refractivity contribution in [1.82, 2.24) is 4.72 Å². The molecular weight excluding hydrogens is 226 g/mol. The zero-order valence-corrected chi connectivity index (χ0v) is 11.1. The van der Waals surface area contributed by atoms with E-state index in [1.807, 2.05) is 0 Å². The molecule has 2 N–H and O–H groups in total. The maximum absolute atomic E-state index is 11.3. The molecule has 0 unspecified atom stereocenters. The molecule has 0 aromatic rings. The van der Waals surface area contributed by atoms with Crippen molar-refractivity contribution in [2.75, 3.05) is 6.26 Å². The van der Waals surface area contributed by atoms with Crippen LogP contribution < -0.4 is 4.72 Å². The Morgan fingerprint density at radius 1 is 1.31 bits per heavy atom. The van der Waals surface area contributed by atoms with Gasteiger partial charge in [0.05, 0.1) is 18.4 Å². The molecule has 2 aliphatic carbocycles. The summed E-state index contributed by atoms with van der Waals surface area (Å²) in [6.07, 6.45) is 2.55. The maximum Gasteiger partial charge on any atom is 0.209 e. The first-order valence-corrected chi connectivity index (χ1v) is 7.64. The van der Waals surface area contributed by atoms with Gasteiger partial charge in [0.1, 0.15) is 0 Å². The summed E-state index contributed by atoms with van der Waals surface area (Å²) in [6, 6.07) is -0.316. The van der Waals surface area contributed by atoms with Crippen LogP contribution in [0, 0.1) is 16.7 Å². The summed E-state index contributed by atoms with van der Waals surface area (Å²) in [5, 5.41) is 10.3. The van der Waals surface area contributed by atoms with Crippen LogP contribution in [0.15, 0.2) is 0 Å². The van der Waals surface area contributed by atoms with Gasteiger partial charge >= 0.3 is 0 Å². The van der Waals surface area contributed by atoms with E-state index in [1.54, 1.807) is 0 Å². The molecule has 0 radical (unpaired) electrons. The summed E-state index contributed by atoms with van der Waals surface area (Å²) in [5.74, 6) is 0.238. The molecule has 0 aromatic carbocycles. The highest BCUT2D eigenvalue weighted by Gasteiger charge is 2.66. The van der Waals surface area contributed by atoms with Crippen molar-refractivity contribution in [1.29, 1.82) is 0 Å². The molecule has 0 amide bonds. The van der Waals surface area contributed by atoms with Crippen molar-refractivity contribution in [2.45, 2.75) is 45.8 Å². The minimum absolute atomic E-state index is 0.00519. The third kappa shape index (κ3) is 1.45. The van der Waals surface area contributed by atoms with E-state index in [0.29, 0.717) is 0 Å². The van der Waals surface area contributed by atoms with Crippen LogP contribution in [0.5, 0.6) is 0 Å². The average molecular weight is 247 g/mol. The number of fused-ring (bicyclic) bond motifs is 2. The number of nitrogens with one attached hydrogen (secondary N) is 1. The van der Waals surface area contributed by atoms with E-state index in [0.717, 1.165) is 19.1 Å². The maximum atomic E-state index is 11.3. The third-order valence-corrected chi connectivity index (χ3v) is 5.85. The van der Waals surface area contributed by atoms with Gasteiger partial charge in [-0.25, -0.2) is 13.1 Å². The van der Waals surface area contributed by atoms with E-state index >= 15 is 0 Å². The van der Waals surface area contributed by atoms with E-state index in [1.165, 1.54) is 0 Å². The molecule has 94 valence electrons. The third-order valence-electron chi connectivity index (χ3n) is 5.15. The van der Waals surface area contributed by atoms with Gasteiger partial charge in [0.15, 0.2) is 0 Å². The van der Waals surface area contributed by atoms with Gasteiger partial charge in [-0.15, -0.1) is 0 Å². The van der Waals surface area contributed by atoms with Gasteiger partial charge in [-0.1, -0.05) is 20.8 Å². The first-order valence-electron chi connectivity index (χ1n) is 5.75. The van der Waals surface area contributed by atoms with Gasteiger partial charge in [0, 0.05) is 5.41 Å². The Hall–Kier alpha value is -0.130. The first kappa shape index (κ1) is 12.3. The van der Waals surface area contributed by atoms with Crippen molar-refractivity contribution in [3.8, 4) is 0 Å². The Bertz CT molecular complexity index is 403. The summed E-state index contributed by atoms with van der Waals surface area (Å²) in [6.45, 7) is 6.34. The van der Waals surface area contributed by atoms with E-state index < -0.39 is 16.1 Å². The molecule has 0 spiro atoms. The number of rotatable bonds is 2. The zero-order chi connectivity index (χ0) is 12.4. The Kier molecular flexibility index (Phi) is 2.47. The van der Waals surface area contributed by atoms with Gasteiger partial charge in [0.25, 0.3) is 0 Å². The van der Waals surface area contributed by atoms with Gasteiger partial charge in [-0.3, -0.25) is 0 Å². The van der Waals surface area contributed by atoms with Crippen LogP contribution in [-0.2, 0) is 10.0 Å². The molecule has 0 aliphatic heterocycles. The quantitative estimate of drug-likeness (QED) is 0.755. The van der Waals surface area contributed by atoms with Gasteiger partial charge in [0.2, 0.25) is 10.0 Å². The smallest absolute Gasteiger partial charge is 0.209 e.